The first-order chi connectivity index (χ1) is 14.0. The molecule has 4 nitrogen and oxygen atoms in total. The molecule has 0 fully saturated rings. The maximum Gasteiger partial charge on any atom is 0.256 e. The topological polar surface area (TPSA) is 51.2 Å². The van der Waals surface area contributed by atoms with Crippen molar-refractivity contribution >= 4 is 45.7 Å². The van der Waals surface area contributed by atoms with Crippen LogP contribution in [0.25, 0.3) is 22.2 Å². The molecule has 0 radical (unpaired) electrons. The van der Waals surface area contributed by atoms with E-state index in [1.807, 2.05) is 48.5 Å². The summed E-state index contributed by atoms with van der Waals surface area (Å²) in [5.74, 6) is 0.504. The number of ether oxygens (including phenoxy) is 1. The summed E-state index contributed by atoms with van der Waals surface area (Å²) in [6.07, 6.45) is 0. The number of rotatable bonds is 4. The maximum absolute atomic E-state index is 13.1. The molecule has 0 aliphatic heterocycles. The van der Waals surface area contributed by atoms with Crippen LogP contribution in [0.15, 0.2) is 72.8 Å². The van der Waals surface area contributed by atoms with E-state index in [9.17, 15) is 4.79 Å². The number of anilines is 1. The molecule has 4 rings (SSSR count). The largest absolute Gasteiger partial charge is 0.497 e. The molecule has 0 aliphatic rings. The zero-order chi connectivity index (χ0) is 20.4. The molecule has 0 bridgehead atoms. The Kier molecular flexibility index (Phi) is 5.38. The van der Waals surface area contributed by atoms with Crippen LogP contribution in [0.3, 0.4) is 0 Å². The number of methoxy groups -OCH3 is 1. The number of carbonyl (C=O) groups excluding carboxylic acids is 1. The number of halogens is 2. The summed E-state index contributed by atoms with van der Waals surface area (Å²) < 4.78 is 5.22. The van der Waals surface area contributed by atoms with Crippen molar-refractivity contribution in [1.82, 2.24) is 4.98 Å². The van der Waals surface area contributed by atoms with Gasteiger partial charge in [-0.05, 0) is 54.6 Å². The van der Waals surface area contributed by atoms with Crippen molar-refractivity contribution in [2.75, 3.05) is 12.4 Å². The van der Waals surface area contributed by atoms with Gasteiger partial charge in [-0.2, -0.15) is 0 Å². The van der Waals surface area contributed by atoms with Gasteiger partial charge >= 0.3 is 0 Å². The second-order valence-electron chi connectivity index (χ2n) is 6.38. The average molecular weight is 423 g/mol. The lowest BCUT2D eigenvalue weighted by Gasteiger charge is -2.11. The first-order valence-electron chi connectivity index (χ1n) is 8.86. The number of amides is 1. The minimum atomic E-state index is -0.253. The van der Waals surface area contributed by atoms with Crippen molar-refractivity contribution in [2.45, 2.75) is 0 Å². The number of nitrogens with one attached hydrogen (secondary N) is 1. The third-order valence-electron chi connectivity index (χ3n) is 4.52. The standard InChI is InChI=1S/C23H16Cl2N2O2/c1-29-16-9-6-14(7-10-16)22-13-18(17-4-2-3-5-21(17)27-22)23(28)26-15-8-11-19(24)20(25)12-15/h2-13H,1H3,(H,26,28). The number of pyridine rings is 1. The summed E-state index contributed by atoms with van der Waals surface area (Å²) in [6.45, 7) is 0. The van der Waals surface area contributed by atoms with Crippen LogP contribution in [0.1, 0.15) is 10.4 Å². The average Bonchev–Trinajstić information content (AvgIpc) is 2.75. The van der Waals surface area contributed by atoms with E-state index >= 15 is 0 Å². The SMILES string of the molecule is COc1ccc(-c2cc(C(=O)Nc3ccc(Cl)c(Cl)c3)c3ccccc3n2)cc1. The highest BCUT2D eigenvalue weighted by Gasteiger charge is 2.15. The van der Waals surface area contributed by atoms with E-state index in [2.05, 4.69) is 5.32 Å². The van der Waals surface area contributed by atoms with E-state index in [0.717, 1.165) is 22.2 Å². The van der Waals surface area contributed by atoms with Gasteiger partial charge in [-0.3, -0.25) is 4.79 Å². The van der Waals surface area contributed by atoms with Crippen LogP contribution in [0.4, 0.5) is 5.69 Å². The fourth-order valence-corrected chi connectivity index (χ4v) is 3.34. The van der Waals surface area contributed by atoms with Gasteiger partial charge in [0.05, 0.1) is 33.9 Å². The van der Waals surface area contributed by atoms with E-state index in [0.29, 0.717) is 27.0 Å². The van der Waals surface area contributed by atoms with Crippen LogP contribution in [-0.2, 0) is 0 Å². The number of para-hydroxylation sites is 1. The van der Waals surface area contributed by atoms with Gasteiger partial charge in [-0.25, -0.2) is 4.98 Å². The highest BCUT2D eigenvalue weighted by molar-refractivity contribution is 6.42. The van der Waals surface area contributed by atoms with E-state index in [-0.39, 0.29) is 5.91 Å². The number of fused-ring (bicyclic) bond motifs is 1. The van der Waals surface area contributed by atoms with E-state index in [1.165, 1.54) is 0 Å². The molecule has 1 amide bonds. The van der Waals surface area contributed by atoms with Gasteiger partial charge in [-0.15, -0.1) is 0 Å². The van der Waals surface area contributed by atoms with Gasteiger partial charge in [-0.1, -0.05) is 41.4 Å². The molecular formula is C23H16Cl2N2O2. The molecule has 0 atom stereocenters. The molecule has 0 spiro atoms. The van der Waals surface area contributed by atoms with Crippen LogP contribution in [-0.4, -0.2) is 18.0 Å². The summed E-state index contributed by atoms with van der Waals surface area (Å²) in [7, 11) is 1.62. The molecule has 0 saturated heterocycles. The quantitative estimate of drug-likeness (QED) is 0.409. The summed E-state index contributed by atoms with van der Waals surface area (Å²) in [4.78, 5) is 17.8. The highest BCUT2D eigenvalue weighted by atomic mass is 35.5. The fourth-order valence-electron chi connectivity index (χ4n) is 3.05. The Labute approximate surface area is 178 Å². The van der Waals surface area contributed by atoms with Crippen LogP contribution < -0.4 is 10.1 Å². The lowest BCUT2D eigenvalue weighted by Crippen LogP contribution is -2.13. The van der Waals surface area contributed by atoms with Gasteiger partial charge < -0.3 is 10.1 Å². The fraction of sp³-hybridized carbons (Fsp3) is 0.0435. The first-order valence-corrected chi connectivity index (χ1v) is 9.61. The third kappa shape index (κ3) is 4.04. The van der Waals surface area contributed by atoms with Crippen molar-refractivity contribution in [3.8, 4) is 17.0 Å². The third-order valence-corrected chi connectivity index (χ3v) is 5.26. The number of hydrogen-bond donors (Lipinski definition) is 1. The lowest BCUT2D eigenvalue weighted by atomic mass is 10.0. The first kappa shape index (κ1) is 19.2. The van der Waals surface area contributed by atoms with Gasteiger partial charge in [0, 0.05) is 16.6 Å². The second-order valence-corrected chi connectivity index (χ2v) is 7.20. The Morgan fingerprint density at radius 1 is 0.931 bits per heavy atom. The second kappa shape index (κ2) is 8.11. The van der Waals surface area contributed by atoms with Crippen LogP contribution in [0.5, 0.6) is 5.75 Å². The predicted molar refractivity (Wildman–Crippen MR) is 118 cm³/mol. The van der Waals surface area contributed by atoms with E-state index < -0.39 is 0 Å². The summed E-state index contributed by atoms with van der Waals surface area (Å²) in [5.41, 5.74) is 3.41. The number of hydrogen-bond acceptors (Lipinski definition) is 3. The van der Waals surface area contributed by atoms with Gasteiger partial charge in [0.1, 0.15) is 5.75 Å². The molecule has 29 heavy (non-hydrogen) atoms. The molecule has 0 saturated carbocycles. The Bertz CT molecular complexity index is 1210. The van der Waals surface area contributed by atoms with E-state index in [4.69, 9.17) is 32.9 Å². The number of benzene rings is 3. The lowest BCUT2D eigenvalue weighted by molar-refractivity contribution is 0.102. The van der Waals surface area contributed by atoms with Crippen LogP contribution >= 0.6 is 23.2 Å². The highest BCUT2D eigenvalue weighted by Crippen LogP contribution is 2.28. The molecule has 3 aromatic carbocycles. The molecule has 4 aromatic rings. The zero-order valence-electron chi connectivity index (χ0n) is 15.4. The van der Waals surface area contributed by atoms with Crippen molar-refractivity contribution in [3.63, 3.8) is 0 Å². The van der Waals surface area contributed by atoms with E-state index in [1.54, 1.807) is 31.4 Å². The monoisotopic (exact) mass is 422 g/mol. The van der Waals surface area contributed by atoms with Gasteiger partial charge in [0.2, 0.25) is 0 Å². The molecule has 0 aliphatic carbocycles. The minimum absolute atomic E-state index is 0.253. The Morgan fingerprint density at radius 3 is 2.41 bits per heavy atom. The molecule has 144 valence electrons. The molecule has 0 unspecified atom stereocenters. The molecular weight excluding hydrogens is 407 g/mol. The van der Waals surface area contributed by atoms with Crippen LogP contribution in [0.2, 0.25) is 10.0 Å². The number of aromatic nitrogens is 1. The van der Waals surface area contributed by atoms with Crippen molar-refractivity contribution < 1.29 is 9.53 Å². The maximum atomic E-state index is 13.1. The smallest absolute Gasteiger partial charge is 0.256 e. The molecule has 6 heteroatoms. The number of nitrogens with zero attached hydrogens (tertiary/aromatic N) is 1. The van der Waals surface area contributed by atoms with Gasteiger partial charge in [0.25, 0.3) is 5.91 Å². The molecule has 1 N–H and O–H groups in total. The van der Waals surface area contributed by atoms with Crippen molar-refractivity contribution in [3.05, 3.63) is 88.4 Å². The normalized spacial score (nSPS) is 10.7. The number of carbonyl (C=O) groups is 1. The van der Waals surface area contributed by atoms with Crippen LogP contribution in [0, 0.1) is 0 Å². The summed E-state index contributed by atoms with van der Waals surface area (Å²) in [6, 6.07) is 21.9. The summed E-state index contributed by atoms with van der Waals surface area (Å²) >= 11 is 12.0. The Hall–Kier alpha value is -3.08. The zero-order valence-corrected chi connectivity index (χ0v) is 17.0. The summed E-state index contributed by atoms with van der Waals surface area (Å²) in [5, 5.41) is 4.46. The minimum Gasteiger partial charge on any atom is -0.497 e. The Balaban J connectivity index is 1.77. The molecule has 1 heterocycles. The predicted octanol–water partition coefficient (Wildman–Crippen LogP) is 6.47. The van der Waals surface area contributed by atoms with Gasteiger partial charge in [0.15, 0.2) is 0 Å². The Morgan fingerprint density at radius 2 is 1.69 bits per heavy atom. The van der Waals surface area contributed by atoms with Crippen molar-refractivity contribution in [2.24, 2.45) is 0 Å². The molecule has 1 aromatic heterocycles. The van der Waals surface area contributed by atoms with Crippen molar-refractivity contribution in [1.29, 1.82) is 0 Å².